The van der Waals surface area contributed by atoms with E-state index in [2.05, 4.69) is 9.46 Å². The van der Waals surface area contributed by atoms with Crippen molar-refractivity contribution >= 4 is 33.4 Å². The third-order valence-corrected chi connectivity index (χ3v) is 5.92. The lowest BCUT2D eigenvalue weighted by molar-refractivity contribution is -0.384. The van der Waals surface area contributed by atoms with Gasteiger partial charge in [0.1, 0.15) is 5.75 Å². The Kier molecular flexibility index (Phi) is 7.79. The highest BCUT2D eigenvalue weighted by Crippen LogP contribution is 2.21. The third-order valence-electron chi connectivity index (χ3n) is 3.43. The number of carbonyl (C=O) groups excluding carboxylic acids is 1. The maximum absolute atomic E-state index is 12.2. The number of sulfonamides is 1. The molecule has 0 heterocycles. The largest absolute Gasteiger partial charge is 0.482 e. The van der Waals surface area contributed by atoms with Gasteiger partial charge in [0, 0.05) is 29.3 Å². The minimum Gasteiger partial charge on any atom is -0.482 e. The Hall–Kier alpha value is -2.63. The van der Waals surface area contributed by atoms with Crippen LogP contribution < -0.4 is 9.46 Å². The van der Waals surface area contributed by atoms with Gasteiger partial charge in [-0.05, 0) is 36.4 Å². The topological polar surface area (TPSA) is 125 Å². The number of non-ortho nitro benzene ring substituents is 1. The number of nitrogens with one attached hydrogen (secondary N) is 1. The number of nitro groups is 1. The van der Waals surface area contributed by atoms with E-state index in [1.807, 2.05) is 0 Å². The van der Waals surface area contributed by atoms with Crippen molar-refractivity contribution < 1.29 is 27.6 Å². The minimum absolute atomic E-state index is 0.0322. The van der Waals surface area contributed by atoms with E-state index >= 15 is 0 Å². The molecule has 150 valence electrons. The number of hydrogen-bond acceptors (Lipinski definition) is 8. The molecule has 0 saturated carbocycles. The molecule has 0 fully saturated rings. The average Bonchev–Trinajstić information content (AvgIpc) is 2.70. The van der Waals surface area contributed by atoms with Gasteiger partial charge in [0.2, 0.25) is 10.0 Å². The summed E-state index contributed by atoms with van der Waals surface area (Å²) in [7, 11) is -2.45. The number of esters is 1. The lowest BCUT2D eigenvalue weighted by Crippen LogP contribution is -2.26. The van der Waals surface area contributed by atoms with Crippen LogP contribution >= 0.6 is 11.8 Å². The van der Waals surface area contributed by atoms with Gasteiger partial charge in [-0.15, -0.1) is 11.8 Å². The molecule has 28 heavy (non-hydrogen) atoms. The van der Waals surface area contributed by atoms with Crippen molar-refractivity contribution in [1.29, 1.82) is 0 Å². The molecule has 0 unspecified atom stereocenters. The Labute approximate surface area is 166 Å². The van der Waals surface area contributed by atoms with Crippen molar-refractivity contribution in [3.05, 3.63) is 58.6 Å². The second kappa shape index (κ2) is 10.1. The Bertz CT molecular complexity index is 914. The normalized spacial score (nSPS) is 11.0. The lowest BCUT2D eigenvalue weighted by atomic mass is 10.3. The summed E-state index contributed by atoms with van der Waals surface area (Å²) in [5.74, 6) is 0.529. The van der Waals surface area contributed by atoms with Gasteiger partial charge in [0.15, 0.2) is 6.61 Å². The monoisotopic (exact) mass is 426 g/mol. The summed E-state index contributed by atoms with van der Waals surface area (Å²) in [6, 6.07) is 11.7. The molecule has 0 bridgehead atoms. The van der Waals surface area contributed by atoms with Crippen molar-refractivity contribution in [2.75, 3.05) is 26.0 Å². The van der Waals surface area contributed by atoms with E-state index in [0.29, 0.717) is 11.5 Å². The molecule has 0 spiro atoms. The summed E-state index contributed by atoms with van der Waals surface area (Å²) < 4.78 is 36.5. The van der Waals surface area contributed by atoms with Crippen molar-refractivity contribution in [1.82, 2.24) is 4.72 Å². The van der Waals surface area contributed by atoms with Crippen LogP contribution in [0.5, 0.6) is 5.75 Å². The van der Waals surface area contributed by atoms with Crippen molar-refractivity contribution in [3.63, 3.8) is 0 Å². The van der Waals surface area contributed by atoms with Gasteiger partial charge in [0.25, 0.3) is 5.69 Å². The Balaban J connectivity index is 1.79. The van der Waals surface area contributed by atoms with Crippen molar-refractivity contribution in [2.24, 2.45) is 0 Å². The summed E-state index contributed by atoms with van der Waals surface area (Å²) in [4.78, 5) is 21.9. The van der Waals surface area contributed by atoms with Crippen LogP contribution in [0.25, 0.3) is 0 Å². The summed E-state index contributed by atoms with van der Waals surface area (Å²) in [6.07, 6.45) is 0. The second-order valence-corrected chi connectivity index (χ2v) is 8.27. The summed E-state index contributed by atoms with van der Waals surface area (Å²) in [5, 5.41) is 10.6. The first-order valence-corrected chi connectivity index (χ1v) is 10.5. The van der Waals surface area contributed by atoms with Crippen LogP contribution in [-0.2, 0) is 19.6 Å². The van der Waals surface area contributed by atoms with Crippen molar-refractivity contribution in [2.45, 2.75) is 9.79 Å². The van der Waals surface area contributed by atoms with Crippen LogP contribution in [0.2, 0.25) is 0 Å². The van der Waals surface area contributed by atoms with E-state index in [4.69, 9.17) is 4.74 Å². The molecule has 2 aromatic rings. The molecule has 2 aromatic carbocycles. The van der Waals surface area contributed by atoms with Gasteiger partial charge in [-0.1, -0.05) is 0 Å². The molecular weight excluding hydrogens is 408 g/mol. The van der Waals surface area contributed by atoms with Crippen molar-refractivity contribution in [3.8, 4) is 5.75 Å². The zero-order valence-electron chi connectivity index (χ0n) is 14.9. The molecule has 0 radical (unpaired) electrons. The smallest absolute Gasteiger partial charge is 0.343 e. The SMILES string of the molecule is COC(=O)COc1ccc(SCCNS(=O)(=O)c2ccc([N+](=O)[O-])cc2)cc1. The standard InChI is InChI=1S/C17H18N2O7S2/c1-25-17(20)12-26-14-4-6-15(7-5-14)27-11-10-18-28(23,24)16-8-2-13(3-9-16)19(21)22/h2-9,18H,10-12H2,1H3. The molecule has 1 N–H and O–H groups in total. The first-order chi connectivity index (χ1) is 13.3. The molecule has 9 nitrogen and oxygen atoms in total. The number of nitrogens with zero attached hydrogens (tertiary/aromatic N) is 1. The number of nitro benzene ring substituents is 1. The molecular formula is C17H18N2O7S2. The lowest BCUT2D eigenvalue weighted by Gasteiger charge is -2.08. The molecule has 2 rings (SSSR count). The highest BCUT2D eigenvalue weighted by molar-refractivity contribution is 7.99. The first-order valence-electron chi connectivity index (χ1n) is 7.98. The molecule has 0 aliphatic heterocycles. The second-order valence-electron chi connectivity index (χ2n) is 5.33. The van der Waals surface area contributed by atoms with Gasteiger partial charge in [-0.3, -0.25) is 10.1 Å². The van der Waals surface area contributed by atoms with E-state index in [0.717, 1.165) is 17.0 Å². The van der Waals surface area contributed by atoms with Crippen LogP contribution in [-0.4, -0.2) is 45.3 Å². The fourth-order valence-corrected chi connectivity index (χ4v) is 3.94. The van der Waals surface area contributed by atoms with Crippen LogP contribution in [0.3, 0.4) is 0 Å². The van der Waals surface area contributed by atoms with E-state index < -0.39 is 20.9 Å². The highest BCUT2D eigenvalue weighted by atomic mass is 32.2. The number of methoxy groups -OCH3 is 1. The zero-order chi connectivity index (χ0) is 20.6. The predicted octanol–water partition coefficient (Wildman–Crippen LogP) is 2.22. The number of carbonyl (C=O) groups is 1. The molecule has 0 amide bonds. The van der Waals surface area contributed by atoms with Crippen LogP contribution in [0, 0.1) is 10.1 Å². The molecule has 0 atom stereocenters. The molecule has 0 saturated heterocycles. The average molecular weight is 426 g/mol. The Morgan fingerprint density at radius 3 is 2.36 bits per heavy atom. The molecule has 0 aliphatic rings. The zero-order valence-corrected chi connectivity index (χ0v) is 16.5. The molecule has 0 aromatic heterocycles. The number of benzene rings is 2. The van der Waals surface area contributed by atoms with E-state index in [1.54, 1.807) is 24.3 Å². The van der Waals surface area contributed by atoms with E-state index in [1.165, 1.54) is 31.0 Å². The van der Waals surface area contributed by atoms with Crippen LogP contribution in [0.4, 0.5) is 5.69 Å². The van der Waals surface area contributed by atoms with Crippen LogP contribution in [0.1, 0.15) is 0 Å². The van der Waals surface area contributed by atoms with Gasteiger partial charge in [-0.25, -0.2) is 17.9 Å². The maximum Gasteiger partial charge on any atom is 0.343 e. The summed E-state index contributed by atoms with van der Waals surface area (Å²) in [6.45, 7) is 0.0119. The summed E-state index contributed by atoms with van der Waals surface area (Å²) in [5.41, 5.74) is -0.173. The van der Waals surface area contributed by atoms with Gasteiger partial charge in [0.05, 0.1) is 16.9 Å². The fourth-order valence-electron chi connectivity index (χ4n) is 2.01. The number of rotatable bonds is 10. The number of thioether (sulfide) groups is 1. The van der Waals surface area contributed by atoms with E-state index in [9.17, 15) is 23.3 Å². The number of ether oxygens (including phenoxy) is 2. The number of hydrogen-bond donors (Lipinski definition) is 1. The fraction of sp³-hybridized carbons (Fsp3) is 0.235. The Morgan fingerprint density at radius 1 is 1.14 bits per heavy atom. The van der Waals surface area contributed by atoms with Crippen LogP contribution in [0.15, 0.2) is 58.3 Å². The minimum atomic E-state index is -3.73. The van der Waals surface area contributed by atoms with Gasteiger partial charge < -0.3 is 9.47 Å². The van der Waals surface area contributed by atoms with Gasteiger partial charge in [-0.2, -0.15) is 0 Å². The van der Waals surface area contributed by atoms with Gasteiger partial charge >= 0.3 is 5.97 Å². The third kappa shape index (κ3) is 6.51. The quantitative estimate of drug-likeness (QED) is 0.202. The van der Waals surface area contributed by atoms with E-state index in [-0.39, 0.29) is 23.7 Å². The highest BCUT2D eigenvalue weighted by Gasteiger charge is 2.15. The Morgan fingerprint density at radius 2 is 1.79 bits per heavy atom. The molecule has 11 heteroatoms. The predicted molar refractivity (Wildman–Crippen MR) is 103 cm³/mol. The molecule has 0 aliphatic carbocycles. The first kappa shape index (κ1) is 21.7. The maximum atomic E-state index is 12.2. The summed E-state index contributed by atoms with van der Waals surface area (Å²) >= 11 is 1.44.